The van der Waals surface area contributed by atoms with Crippen molar-refractivity contribution in [3.8, 4) is 0 Å². The first-order valence-electron chi connectivity index (χ1n) is 6.78. The van der Waals surface area contributed by atoms with E-state index in [1.54, 1.807) is 0 Å². The summed E-state index contributed by atoms with van der Waals surface area (Å²) in [5.41, 5.74) is 0.646. The third-order valence-corrected chi connectivity index (χ3v) is 4.59. The van der Waals surface area contributed by atoms with Gasteiger partial charge < -0.3 is 5.32 Å². The second-order valence-electron chi connectivity index (χ2n) is 6.69. The smallest absolute Gasteiger partial charge is 0.00151 e. The standard InChI is InChI=1S/C14H27N/c1-11-5-4-6-12(7-11)9-15-10-13-8-14(13,2)3/h11-13,15H,4-10H2,1-3H3. The van der Waals surface area contributed by atoms with E-state index >= 15 is 0 Å². The highest BCUT2D eigenvalue weighted by Crippen LogP contribution is 2.51. The highest BCUT2D eigenvalue weighted by molar-refractivity contribution is 4.96. The van der Waals surface area contributed by atoms with Gasteiger partial charge in [-0.15, -0.1) is 0 Å². The Morgan fingerprint density at radius 3 is 2.53 bits per heavy atom. The maximum atomic E-state index is 3.69. The van der Waals surface area contributed by atoms with Gasteiger partial charge >= 0.3 is 0 Å². The Morgan fingerprint density at radius 1 is 1.20 bits per heavy atom. The lowest BCUT2D eigenvalue weighted by atomic mass is 9.82. The van der Waals surface area contributed by atoms with Gasteiger partial charge in [0.1, 0.15) is 0 Å². The number of nitrogens with one attached hydrogen (secondary N) is 1. The summed E-state index contributed by atoms with van der Waals surface area (Å²) in [5, 5.41) is 3.69. The third kappa shape index (κ3) is 3.21. The van der Waals surface area contributed by atoms with E-state index in [0.29, 0.717) is 5.41 Å². The van der Waals surface area contributed by atoms with E-state index in [4.69, 9.17) is 0 Å². The Bertz CT molecular complexity index is 209. The van der Waals surface area contributed by atoms with Crippen molar-refractivity contribution in [3.05, 3.63) is 0 Å². The van der Waals surface area contributed by atoms with Gasteiger partial charge in [0.05, 0.1) is 0 Å². The van der Waals surface area contributed by atoms with E-state index in [1.165, 1.54) is 45.2 Å². The maximum Gasteiger partial charge on any atom is -0.00151 e. The normalized spacial score (nSPS) is 39.0. The van der Waals surface area contributed by atoms with Crippen LogP contribution in [0.1, 0.15) is 52.9 Å². The van der Waals surface area contributed by atoms with Crippen LogP contribution in [0.2, 0.25) is 0 Å². The van der Waals surface area contributed by atoms with Gasteiger partial charge in [-0.05, 0) is 55.5 Å². The molecule has 0 spiro atoms. The number of hydrogen-bond donors (Lipinski definition) is 1. The van der Waals surface area contributed by atoms with Crippen LogP contribution in [0.5, 0.6) is 0 Å². The van der Waals surface area contributed by atoms with Gasteiger partial charge in [0.15, 0.2) is 0 Å². The summed E-state index contributed by atoms with van der Waals surface area (Å²) in [6, 6.07) is 0. The Labute approximate surface area is 95.0 Å². The van der Waals surface area contributed by atoms with Gasteiger partial charge in [0, 0.05) is 0 Å². The molecular weight excluding hydrogens is 182 g/mol. The quantitative estimate of drug-likeness (QED) is 0.748. The zero-order valence-corrected chi connectivity index (χ0v) is 10.7. The van der Waals surface area contributed by atoms with Gasteiger partial charge in [-0.2, -0.15) is 0 Å². The first-order chi connectivity index (χ1) is 7.08. The topological polar surface area (TPSA) is 12.0 Å². The van der Waals surface area contributed by atoms with Gasteiger partial charge in [-0.1, -0.05) is 33.6 Å². The predicted octanol–water partition coefficient (Wildman–Crippen LogP) is 3.45. The fraction of sp³-hybridized carbons (Fsp3) is 1.00. The van der Waals surface area contributed by atoms with E-state index in [9.17, 15) is 0 Å². The molecular formula is C14H27N. The Hall–Kier alpha value is -0.0400. The molecule has 0 bridgehead atoms. The SMILES string of the molecule is CC1CCCC(CNCC2CC2(C)C)C1. The van der Waals surface area contributed by atoms with E-state index in [-0.39, 0.29) is 0 Å². The largest absolute Gasteiger partial charge is 0.316 e. The molecule has 88 valence electrons. The van der Waals surface area contributed by atoms with Crippen molar-refractivity contribution in [1.29, 1.82) is 0 Å². The van der Waals surface area contributed by atoms with Crippen molar-refractivity contribution in [2.24, 2.45) is 23.2 Å². The van der Waals surface area contributed by atoms with Crippen molar-refractivity contribution < 1.29 is 0 Å². The number of hydrogen-bond acceptors (Lipinski definition) is 1. The lowest BCUT2D eigenvalue weighted by molar-refractivity contribution is 0.272. The van der Waals surface area contributed by atoms with Crippen LogP contribution in [0.15, 0.2) is 0 Å². The van der Waals surface area contributed by atoms with E-state index < -0.39 is 0 Å². The zero-order valence-electron chi connectivity index (χ0n) is 10.7. The average molecular weight is 209 g/mol. The maximum absolute atomic E-state index is 3.69. The van der Waals surface area contributed by atoms with Crippen molar-refractivity contribution in [2.75, 3.05) is 13.1 Å². The van der Waals surface area contributed by atoms with Gasteiger partial charge in [0.2, 0.25) is 0 Å². The second-order valence-corrected chi connectivity index (χ2v) is 6.69. The molecule has 3 atom stereocenters. The summed E-state index contributed by atoms with van der Waals surface area (Å²) in [5.74, 6) is 2.90. The van der Waals surface area contributed by atoms with Crippen molar-refractivity contribution in [1.82, 2.24) is 5.32 Å². The molecule has 0 saturated heterocycles. The van der Waals surface area contributed by atoms with Crippen LogP contribution in [0.25, 0.3) is 0 Å². The number of rotatable bonds is 4. The van der Waals surface area contributed by atoms with Crippen LogP contribution < -0.4 is 5.32 Å². The second kappa shape index (κ2) is 4.45. The Kier molecular flexibility index (Phi) is 3.39. The molecule has 3 unspecified atom stereocenters. The summed E-state index contributed by atoms with van der Waals surface area (Å²) in [6.07, 6.45) is 7.28. The first-order valence-corrected chi connectivity index (χ1v) is 6.78. The molecule has 1 heteroatoms. The fourth-order valence-electron chi connectivity index (χ4n) is 3.13. The molecule has 0 aromatic rings. The summed E-state index contributed by atoms with van der Waals surface area (Å²) >= 11 is 0. The lowest BCUT2D eigenvalue weighted by Crippen LogP contribution is -2.28. The minimum atomic E-state index is 0.646. The molecule has 2 saturated carbocycles. The molecule has 0 amide bonds. The molecule has 1 N–H and O–H groups in total. The lowest BCUT2D eigenvalue weighted by Gasteiger charge is -2.27. The van der Waals surface area contributed by atoms with Crippen molar-refractivity contribution in [3.63, 3.8) is 0 Å². The monoisotopic (exact) mass is 209 g/mol. The van der Waals surface area contributed by atoms with E-state index in [1.807, 2.05) is 0 Å². The molecule has 0 aliphatic heterocycles. The van der Waals surface area contributed by atoms with Gasteiger partial charge in [0.25, 0.3) is 0 Å². The highest BCUT2D eigenvalue weighted by atomic mass is 14.9. The van der Waals surface area contributed by atoms with Crippen LogP contribution in [-0.4, -0.2) is 13.1 Å². The van der Waals surface area contributed by atoms with Crippen LogP contribution in [0.3, 0.4) is 0 Å². The van der Waals surface area contributed by atoms with E-state index in [2.05, 4.69) is 26.1 Å². The molecule has 15 heavy (non-hydrogen) atoms. The first kappa shape index (κ1) is 11.4. The van der Waals surface area contributed by atoms with Gasteiger partial charge in [-0.25, -0.2) is 0 Å². The molecule has 2 rings (SSSR count). The van der Waals surface area contributed by atoms with Gasteiger partial charge in [-0.3, -0.25) is 0 Å². The van der Waals surface area contributed by atoms with Crippen molar-refractivity contribution in [2.45, 2.75) is 52.9 Å². The average Bonchev–Trinajstić information content (AvgIpc) is 2.74. The summed E-state index contributed by atoms with van der Waals surface area (Å²) < 4.78 is 0. The zero-order chi connectivity index (χ0) is 10.9. The Morgan fingerprint density at radius 2 is 1.93 bits per heavy atom. The molecule has 2 fully saturated rings. The molecule has 1 nitrogen and oxygen atoms in total. The molecule has 0 radical (unpaired) electrons. The molecule has 0 heterocycles. The fourth-order valence-corrected chi connectivity index (χ4v) is 3.13. The third-order valence-electron chi connectivity index (χ3n) is 4.59. The minimum Gasteiger partial charge on any atom is -0.316 e. The molecule has 2 aliphatic carbocycles. The van der Waals surface area contributed by atoms with Crippen molar-refractivity contribution >= 4 is 0 Å². The molecule has 0 aromatic carbocycles. The summed E-state index contributed by atoms with van der Waals surface area (Å²) in [7, 11) is 0. The Balaban J connectivity index is 1.58. The van der Waals surface area contributed by atoms with Crippen LogP contribution in [0.4, 0.5) is 0 Å². The predicted molar refractivity (Wildman–Crippen MR) is 65.9 cm³/mol. The summed E-state index contributed by atoms with van der Waals surface area (Å²) in [6.45, 7) is 9.73. The van der Waals surface area contributed by atoms with E-state index in [0.717, 1.165) is 17.8 Å². The van der Waals surface area contributed by atoms with Crippen LogP contribution >= 0.6 is 0 Å². The molecule has 0 aromatic heterocycles. The highest BCUT2D eigenvalue weighted by Gasteiger charge is 2.44. The summed E-state index contributed by atoms with van der Waals surface area (Å²) in [4.78, 5) is 0. The van der Waals surface area contributed by atoms with Crippen LogP contribution in [0, 0.1) is 23.2 Å². The van der Waals surface area contributed by atoms with Crippen LogP contribution in [-0.2, 0) is 0 Å². The minimum absolute atomic E-state index is 0.646. The molecule has 2 aliphatic rings.